The van der Waals surface area contributed by atoms with E-state index in [9.17, 15) is 9.90 Å². The van der Waals surface area contributed by atoms with Crippen molar-refractivity contribution in [2.24, 2.45) is 0 Å². The SMILES string of the molecule is CCOc1c(C2(C(=O)O)CCC2)ccc(OC)c1OC. The van der Waals surface area contributed by atoms with Gasteiger partial charge in [-0.05, 0) is 25.8 Å². The van der Waals surface area contributed by atoms with Gasteiger partial charge in [0.1, 0.15) is 0 Å². The van der Waals surface area contributed by atoms with Crippen LogP contribution in [0, 0.1) is 0 Å². The smallest absolute Gasteiger partial charge is 0.314 e. The Hall–Kier alpha value is -1.91. The van der Waals surface area contributed by atoms with Gasteiger partial charge in [0, 0.05) is 5.56 Å². The first kappa shape index (κ1) is 14.5. The second-order valence-corrected chi connectivity index (χ2v) is 4.85. The fourth-order valence-electron chi connectivity index (χ4n) is 2.69. The van der Waals surface area contributed by atoms with Gasteiger partial charge in [-0.2, -0.15) is 0 Å². The maximum Gasteiger partial charge on any atom is 0.314 e. The van der Waals surface area contributed by atoms with Gasteiger partial charge in [0.25, 0.3) is 0 Å². The molecule has 0 spiro atoms. The molecule has 1 aliphatic carbocycles. The van der Waals surface area contributed by atoms with Crippen LogP contribution in [0.15, 0.2) is 12.1 Å². The maximum absolute atomic E-state index is 11.7. The van der Waals surface area contributed by atoms with E-state index in [2.05, 4.69) is 0 Å². The lowest BCUT2D eigenvalue weighted by Gasteiger charge is -2.39. The van der Waals surface area contributed by atoms with Gasteiger partial charge in [0.2, 0.25) is 5.75 Å². The molecule has 1 aromatic carbocycles. The van der Waals surface area contributed by atoms with Gasteiger partial charge in [0.05, 0.1) is 26.2 Å². The van der Waals surface area contributed by atoms with Gasteiger partial charge < -0.3 is 19.3 Å². The van der Waals surface area contributed by atoms with Gasteiger partial charge in [-0.15, -0.1) is 0 Å². The van der Waals surface area contributed by atoms with Crippen LogP contribution < -0.4 is 14.2 Å². The first-order valence-corrected chi connectivity index (χ1v) is 6.72. The topological polar surface area (TPSA) is 65.0 Å². The molecule has 1 N–H and O–H groups in total. The van der Waals surface area contributed by atoms with Crippen LogP contribution in [0.1, 0.15) is 31.7 Å². The molecule has 5 heteroatoms. The molecule has 5 nitrogen and oxygen atoms in total. The Morgan fingerprint density at radius 2 is 1.95 bits per heavy atom. The van der Waals surface area contributed by atoms with Crippen molar-refractivity contribution in [3.8, 4) is 17.2 Å². The molecule has 0 heterocycles. The number of aliphatic carboxylic acids is 1. The van der Waals surface area contributed by atoms with E-state index in [0.29, 0.717) is 42.3 Å². The van der Waals surface area contributed by atoms with Gasteiger partial charge in [-0.25, -0.2) is 0 Å². The molecule has 0 atom stereocenters. The number of carboxylic acids is 1. The minimum atomic E-state index is -0.857. The lowest BCUT2D eigenvalue weighted by molar-refractivity contribution is -0.147. The number of hydrogen-bond acceptors (Lipinski definition) is 4. The Labute approximate surface area is 118 Å². The number of hydrogen-bond donors (Lipinski definition) is 1. The monoisotopic (exact) mass is 280 g/mol. The predicted molar refractivity (Wildman–Crippen MR) is 73.9 cm³/mol. The fraction of sp³-hybridized carbons (Fsp3) is 0.533. The Kier molecular flexibility index (Phi) is 4.06. The van der Waals surface area contributed by atoms with E-state index in [1.807, 2.05) is 6.92 Å². The van der Waals surface area contributed by atoms with Crippen molar-refractivity contribution in [3.63, 3.8) is 0 Å². The predicted octanol–water partition coefficient (Wildman–Crippen LogP) is 2.61. The highest BCUT2D eigenvalue weighted by molar-refractivity contribution is 5.84. The van der Waals surface area contributed by atoms with Crippen LogP contribution in [-0.4, -0.2) is 31.9 Å². The van der Waals surface area contributed by atoms with Gasteiger partial charge in [-0.1, -0.05) is 12.5 Å². The van der Waals surface area contributed by atoms with Crippen LogP contribution >= 0.6 is 0 Å². The molecular formula is C15H20O5. The molecule has 0 radical (unpaired) electrons. The maximum atomic E-state index is 11.7. The first-order chi connectivity index (χ1) is 9.60. The Bertz CT molecular complexity index is 505. The number of carbonyl (C=O) groups is 1. The zero-order valence-corrected chi connectivity index (χ0v) is 12.1. The average molecular weight is 280 g/mol. The van der Waals surface area contributed by atoms with Gasteiger partial charge >= 0.3 is 5.97 Å². The van der Waals surface area contributed by atoms with E-state index in [4.69, 9.17) is 14.2 Å². The van der Waals surface area contributed by atoms with Crippen LogP contribution in [0.25, 0.3) is 0 Å². The molecule has 0 saturated heterocycles. The van der Waals surface area contributed by atoms with E-state index >= 15 is 0 Å². The molecular weight excluding hydrogens is 260 g/mol. The molecule has 1 fully saturated rings. The second kappa shape index (κ2) is 5.61. The molecule has 1 saturated carbocycles. The van der Waals surface area contributed by atoms with Crippen LogP contribution in [0.2, 0.25) is 0 Å². The van der Waals surface area contributed by atoms with Crippen molar-refractivity contribution in [1.29, 1.82) is 0 Å². The molecule has 0 bridgehead atoms. The number of rotatable bonds is 6. The molecule has 0 unspecified atom stereocenters. The molecule has 2 rings (SSSR count). The van der Waals surface area contributed by atoms with Crippen LogP contribution in [0.4, 0.5) is 0 Å². The lowest BCUT2D eigenvalue weighted by atomic mass is 9.64. The summed E-state index contributed by atoms with van der Waals surface area (Å²) in [4.78, 5) is 11.7. The summed E-state index contributed by atoms with van der Waals surface area (Å²) < 4.78 is 16.3. The molecule has 0 aromatic heterocycles. The first-order valence-electron chi connectivity index (χ1n) is 6.72. The standard InChI is InChI=1S/C15H20O5/c1-4-20-12-10(15(14(16)17)8-5-9-15)6-7-11(18-2)13(12)19-3/h6-7H,4-5,8-9H2,1-3H3,(H,16,17). The third-order valence-corrected chi connectivity index (χ3v) is 3.92. The zero-order valence-electron chi connectivity index (χ0n) is 12.1. The van der Waals surface area contributed by atoms with Crippen molar-refractivity contribution < 1.29 is 24.1 Å². The minimum Gasteiger partial charge on any atom is -0.493 e. The summed E-state index contributed by atoms with van der Waals surface area (Å²) >= 11 is 0. The van der Waals surface area contributed by atoms with E-state index in [0.717, 1.165) is 6.42 Å². The molecule has 1 aliphatic rings. The van der Waals surface area contributed by atoms with Crippen LogP contribution in [0.5, 0.6) is 17.2 Å². The summed E-state index contributed by atoms with van der Waals surface area (Å²) in [5.74, 6) is 0.673. The second-order valence-electron chi connectivity index (χ2n) is 4.85. The molecule has 20 heavy (non-hydrogen) atoms. The fourth-order valence-corrected chi connectivity index (χ4v) is 2.69. The summed E-state index contributed by atoms with van der Waals surface area (Å²) in [5.41, 5.74) is -0.180. The third-order valence-electron chi connectivity index (χ3n) is 3.92. The van der Waals surface area contributed by atoms with Crippen LogP contribution in [0.3, 0.4) is 0 Å². The molecule has 0 amide bonds. The minimum absolute atomic E-state index is 0.437. The molecule has 1 aromatic rings. The Morgan fingerprint density at radius 3 is 2.35 bits per heavy atom. The van der Waals surface area contributed by atoms with E-state index in [-0.39, 0.29) is 0 Å². The normalized spacial score (nSPS) is 16.1. The highest BCUT2D eigenvalue weighted by Gasteiger charge is 2.48. The third kappa shape index (κ3) is 2.07. The van der Waals surface area contributed by atoms with Crippen LogP contribution in [-0.2, 0) is 10.2 Å². The van der Waals surface area contributed by atoms with Gasteiger partial charge in [-0.3, -0.25) is 4.79 Å². The van der Waals surface area contributed by atoms with E-state index < -0.39 is 11.4 Å². The number of benzene rings is 1. The summed E-state index contributed by atoms with van der Waals surface area (Å²) in [5, 5.41) is 9.59. The molecule has 0 aliphatic heterocycles. The van der Waals surface area contributed by atoms with Crippen molar-refractivity contribution >= 4 is 5.97 Å². The summed E-state index contributed by atoms with van der Waals surface area (Å²) in [6, 6.07) is 3.51. The van der Waals surface area contributed by atoms with E-state index in [1.165, 1.54) is 7.11 Å². The molecule has 110 valence electrons. The lowest BCUT2D eigenvalue weighted by Crippen LogP contribution is -2.42. The Balaban J connectivity index is 2.60. The highest BCUT2D eigenvalue weighted by Crippen LogP contribution is 2.52. The van der Waals surface area contributed by atoms with Crippen molar-refractivity contribution in [3.05, 3.63) is 17.7 Å². The Morgan fingerprint density at radius 1 is 1.25 bits per heavy atom. The number of carboxylic acid groups (broad SMARTS) is 1. The van der Waals surface area contributed by atoms with E-state index in [1.54, 1.807) is 19.2 Å². The average Bonchev–Trinajstić information content (AvgIpc) is 2.38. The number of methoxy groups -OCH3 is 2. The largest absolute Gasteiger partial charge is 0.493 e. The van der Waals surface area contributed by atoms with Gasteiger partial charge in [0.15, 0.2) is 11.5 Å². The van der Waals surface area contributed by atoms with Crippen molar-refractivity contribution in [1.82, 2.24) is 0 Å². The summed E-state index contributed by atoms with van der Waals surface area (Å²) in [7, 11) is 3.07. The summed E-state index contributed by atoms with van der Waals surface area (Å²) in [6.45, 7) is 2.29. The highest BCUT2D eigenvalue weighted by atomic mass is 16.5. The summed E-state index contributed by atoms with van der Waals surface area (Å²) in [6.07, 6.45) is 2.15. The zero-order chi connectivity index (χ0) is 14.8. The van der Waals surface area contributed by atoms with Crippen molar-refractivity contribution in [2.75, 3.05) is 20.8 Å². The number of ether oxygens (including phenoxy) is 3. The van der Waals surface area contributed by atoms with Crippen molar-refractivity contribution in [2.45, 2.75) is 31.6 Å². The quantitative estimate of drug-likeness (QED) is 0.867.